The van der Waals surface area contributed by atoms with Crippen LogP contribution in [0.2, 0.25) is 0 Å². The van der Waals surface area contributed by atoms with E-state index < -0.39 is 0 Å². The van der Waals surface area contributed by atoms with E-state index in [4.69, 9.17) is 4.74 Å². The summed E-state index contributed by atoms with van der Waals surface area (Å²) >= 11 is 0. The van der Waals surface area contributed by atoms with Crippen LogP contribution in [0.25, 0.3) is 0 Å². The monoisotopic (exact) mass is 291 g/mol. The first-order chi connectivity index (χ1) is 10.3. The molecule has 1 N–H and O–H groups in total. The Hall–Kier alpha value is -1.29. The molecule has 1 aliphatic carbocycles. The lowest BCUT2D eigenvalue weighted by atomic mass is 9.90. The van der Waals surface area contributed by atoms with Gasteiger partial charge < -0.3 is 15.0 Å². The van der Waals surface area contributed by atoms with E-state index in [0.717, 1.165) is 18.1 Å². The first-order valence-electron chi connectivity index (χ1n) is 8.30. The molecule has 1 heterocycles. The first-order valence-corrected chi connectivity index (χ1v) is 8.30. The van der Waals surface area contributed by atoms with Crippen LogP contribution in [-0.4, -0.2) is 37.3 Å². The highest BCUT2D eigenvalue weighted by molar-refractivity contribution is 5.52. The molecule has 0 radical (unpaired) electrons. The Bertz CT molecular complexity index is 416. The van der Waals surface area contributed by atoms with E-state index in [1.54, 1.807) is 0 Å². The zero-order valence-electron chi connectivity index (χ0n) is 13.6. The van der Waals surface area contributed by atoms with Crippen molar-refractivity contribution in [3.05, 3.63) is 18.3 Å². The van der Waals surface area contributed by atoms with Gasteiger partial charge in [-0.15, -0.1) is 0 Å². The number of aromatic nitrogens is 1. The van der Waals surface area contributed by atoms with E-state index in [1.807, 2.05) is 25.3 Å². The summed E-state index contributed by atoms with van der Waals surface area (Å²) in [4.78, 5) is 6.83. The first kappa shape index (κ1) is 16.1. The molecule has 1 aliphatic rings. The Morgan fingerprint density at radius 3 is 2.71 bits per heavy atom. The fourth-order valence-electron chi connectivity index (χ4n) is 3.10. The van der Waals surface area contributed by atoms with Crippen LogP contribution in [0.4, 0.5) is 5.82 Å². The zero-order chi connectivity index (χ0) is 15.1. The molecule has 0 spiro atoms. The molecule has 4 nitrogen and oxygen atoms in total. The number of anilines is 1. The van der Waals surface area contributed by atoms with E-state index >= 15 is 0 Å². The third-order valence-corrected chi connectivity index (χ3v) is 4.31. The summed E-state index contributed by atoms with van der Waals surface area (Å²) < 4.78 is 5.71. The van der Waals surface area contributed by atoms with Gasteiger partial charge in [-0.05, 0) is 57.7 Å². The SMILES string of the molecule is CCCNC1CCC(N(C)c2ncccc2OCC)CC1. The molecule has 1 saturated carbocycles. The molecule has 0 aliphatic heterocycles. The van der Waals surface area contributed by atoms with Gasteiger partial charge in [0.1, 0.15) is 0 Å². The van der Waals surface area contributed by atoms with Crippen LogP contribution in [0.15, 0.2) is 18.3 Å². The maximum atomic E-state index is 5.71. The lowest BCUT2D eigenvalue weighted by Crippen LogP contribution is -2.41. The van der Waals surface area contributed by atoms with Crippen molar-refractivity contribution >= 4 is 5.82 Å². The molecule has 2 rings (SSSR count). The van der Waals surface area contributed by atoms with Gasteiger partial charge in [-0.1, -0.05) is 6.92 Å². The van der Waals surface area contributed by atoms with Crippen molar-refractivity contribution in [3.8, 4) is 5.75 Å². The topological polar surface area (TPSA) is 37.4 Å². The van der Waals surface area contributed by atoms with Crippen LogP contribution in [0.1, 0.15) is 46.0 Å². The highest BCUT2D eigenvalue weighted by atomic mass is 16.5. The number of hydrogen-bond acceptors (Lipinski definition) is 4. The number of hydrogen-bond donors (Lipinski definition) is 1. The summed E-state index contributed by atoms with van der Waals surface area (Å²) in [7, 11) is 2.15. The van der Waals surface area contributed by atoms with Crippen molar-refractivity contribution < 1.29 is 4.74 Å². The minimum absolute atomic E-state index is 0.568. The lowest BCUT2D eigenvalue weighted by molar-refractivity contribution is 0.324. The van der Waals surface area contributed by atoms with Crippen LogP contribution in [0.3, 0.4) is 0 Å². The average molecular weight is 291 g/mol. The molecule has 21 heavy (non-hydrogen) atoms. The van der Waals surface area contributed by atoms with Gasteiger partial charge in [0.2, 0.25) is 0 Å². The molecule has 0 bridgehead atoms. The molecule has 0 aromatic carbocycles. The number of nitrogens with zero attached hydrogens (tertiary/aromatic N) is 2. The molecule has 118 valence electrons. The van der Waals surface area contributed by atoms with Crippen molar-refractivity contribution in [2.45, 2.75) is 58.0 Å². The third-order valence-electron chi connectivity index (χ3n) is 4.31. The summed E-state index contributed by atoms with van der Waals surface area (Å²) in [6.07, 6.45) is 8.02. The van der Waals surface area contributed by atoms with Gasteiger partial charge in [-0.2, -0.15) is 0 Å². The molecular weight excluding hydrogens is 262 g/mol. The van der Waals surface area contributed by atoms with E-state index in [0.29, 0.717) is 18.7 Å². The highest BCUT2D eigenvalue weighted by Gasteiger charge is 2.25. The van der Waals surface area contributed by atoms with Gasteiger partial charge in [-0.25, -0.2) is 4.98 Å². The number of pyridine rings is 1. The predicted octanol–water partition coefficient (Wildman–Crippen LogP) is 3.23. The normalized spacial score (nSPS) is 22.0. The Morgan fingerprint density at radius 1 is 1.29 bits per heavy atom. The average Bonchev–Trinajstić information content (AvgIpc) is 2.53. The van der Waals surface area contributed by atoms with Crippen molar-refractivity contribution in [2.75, 3.05) is 25.1 Å². The quantitative estimate of drug-likeness (QED) is 0.837. The molecular formula is C17H29N3O. The highest BCUT2D eigenvalue weighted by Crippen LogP contribution is 2.30. The Kier molecular flexibility index (Phi) is 6.30. The standard InChI is InChI=1S/C17H29N3O/c1-4-12-18-14-8-10-15(11-9-14)20(3)17-16(21-5-2)7-6-13-19-17/h6-7,13-15,18H,4-5,8-12H2,1-3H3. The van der Waals surface area contributed by atoms with Crippen molar-refractivity contribution in [2.24, 2.45) is 0 Å². The van der Waals surface area contributed by atoms with Crippen LogP contribution >= 0.6 is 0 Å². The maximum Gasteiger partial charge on any atom is 0.171 e. The van der Waals surface area contributed by atoms with Crippen molar-refractivity contribution in [1.29, 1.82) is 0 Å². The molecule has 0 unspecified atom stereocenters. The van der Waals surface area contributed by atoms with Crippen LogP contribution in [-0.2, 0) is 0 Å². The molecule has 1 fully saturated rings. The summed E-state index contributed by atoms with van der Waals surface area (Å²) in [6, 6.07) is 5.22. The van der Waals surface area contributed by atoms with Gasteiger partial charge >= 0.3 is 0 Å². The van der Waals surface area contributed by atoms with Gasteiger partial charge in [0.25, 0.3) is 0 Å². The summed E-state index contributed by atoms with van der Waals surface area (Å²) in [5.41, 5.74) is 0. The van der Waals surface area contributed by atoms with E-state index in [9.17, 15) is 0 Å². The summed E-state index contributed by atoms with van der Waals surface area (Å²) in [6.45, 7) is 6.06. The van der Waals surface area contributed by atoms with Crippen LogP contribution in [0, 0.1) is 0 Å². The minimum atomic E-state index is 0.568. The second kappa shape index (κ2) is 8.23. The number of nitrogens with one attached hydrogen (secondary N) is 1. The molecule has 1 aromatic rings. The van der Waals surface area contributed by atoms with Gasteiger partial charge in [-0.3, -0.25) is 0 Å². The smallest absolute Gasteiger partial charge is 0.171 e. The summed E-state index contributed by atoms with van der Waals surface area (Å²) in [5, 5.41) is 3.64. The second-order valence-electron chi connectivity index (χ2n) is 5.83. The Labute approximate surface area is 128 Å². The fourth-order valence-corrected chi connectivity index (χ4v) is 3.10. The van der Waals surface area contributed by atoms with Gasteiger partial charge in [0.15, 0.2) is 11.6 Å². The minimum Gasteiger partial charge on any atom is -0.490 e. The molecule has 4 heteroatoms. The molecule has 0 saturated heterocycles. The second-order valence-corrected chi connectivity index (χ2v) is 5.83. The van der Waals surface area contributed by atoms with Crippen LogP contribution < -0.4 is 15.0 Å². The fraction of sp³-hybridized carbons (Fsp3) is 0.706. The summed E-state index contributed by atoms with van der Waals surface area (Å²) in [5.74, 6) is 1.87. The number of rotatable bonds is 7. The Balaban J connectivity index is 1.94. The van der Waals surface area contributed by atoms with E-state index in [2.05, 4.69) is 29.2 Å². The molecule has 1 aromatic heterocycles. The maximum absolute atomic E-state index is 5.71. The Morgan fingerprint density at radius 2 is 2.05 bits per heavy atom. The van der Waals surface area contributed by atoms with E-state index in [-0.39, 0.29) is 0 Å². The largest absolute Gasteiger partial charge is 0.490 e. The predicted molar refractivity (Wildman–Crippen MR) is 88.1 cm³/mol. The van der Waals surface area contributed by atoms with Crippen molar-refractivity contribution in [3.63, 3.8) is 0 Å². The lowest BCUT2D eigenvalue weighted by Gasteiger charge is -2.36. The van der Waals surface area contributed by atoms with Gasteiger partial charge in [0.05, 0.1) is 6.61 Å². The van der Waals surface area contributed by atoms with Crippen molar-refractivity contribution in [1.82, 2.24) is 10.3 Å². The van der Waals surface area contributed by atoms with Gasteiger partial charge in [0, 0.05) is 25.3 Å². The number of ether oxygens (including phenoxy) is 1. The van der Waals surface area contributed by atoms with E-state index in [1.165, 1.54) is 32.1 Å². The zero-order valence-corrected chi connectivity index (χ0v) is 13.6. The molecule has 0 amide bonds. The van der Waals surface area contributed by atoms with Crippen LogP contribution in [0.5, 0.6) is 5.75 Å². The molecule has 0 atom stereocenters. The third kappa shape index (κ3) is 4.34.